The van der Waals surface area contributed by atoms with E-state index in [1.165, 1.54) is 0 Å². The van der Waals surface area contributed by atoms with E-state index in [-0.39, 0.29) is 29.2 Å². The maximum absolute atomic E-state index is 10.2. The molecule has 2 aromatic rings. The Morgan fingerprint density at radius 1 is 1.15 bits per heavy atom. The van der Waals surface area contributed by atoms with Gasteiger partial charge in [0.2, 0.25) is 5.95 Å². The van der Waals surface area contributed by atoms with Gasteiger partial charge < -0.3 is 26.4 Å². The van der Waals surface area contributed by atoms with Crippen LogP contribution >= 0.6 is 23.2 Å². The molecule has 1 saturated carbocycles. The third kappa shape index (κ3) is 4.28. The highest BCUT2D eigenvalue weighted by Gasteiger charge is 2.41. The Balaban J connectivity index is 1.91. The van der Waals surface area contributed by atoms with Crippen molar-refractivity contribution >= 4 is 46.3 Å². The maximum atomic E-state index is 10.2. The predicted octanol–water partition coefficient (Wildman–Crippen LogP) is 2.30. The Hall–Kier alpha value is -2.04. The van der Waals surface area contributed by atoms with Gasteiger partial charge in [0.05, 0.1) is 17.2 Å². The fourth-order valence-corrected chi connectivity index (χ4v) is 3.28. The van der Waals surface area contributed by atoms with E-state index in [2.05, 4.69) is 25.5 Å². The highest BCUT2D eigenvalue weighted by Crippen LogP contribution is 2.36. The van der Waals surface area contributed by atoms with Gasteiger partial charge in [0.15, 0.2) is 16.7 Å². The van der Waals surface area contributed by atoms with Crippen LogP contribution in [-0.4, -0.2) is 50.1 Å². The molecule has 1 heterocycles. The quantitative estimate of drug-likeness (QED) is 0.373. The van der Waals surface area contributed by atoms with E-state index in [1.54, 1.807) is 24.3 Å². The van der Waals surface area contributed by atoms with Gasteiger partial charge in [-0.05, 0) is 18.6 Å². The van der Waals surface area contributed by atoms with Gasteiger partial charge >= 0.3 is 0 Å². The van der Waals surface area contributed by atoms with Crippen LogP contribution in [-0.2, 0) is 0 Å². The van der Waals surface area contributed by atoms with Crippen LogP contribution in [0.5, 0.6) is 0 Å². The van der Waals surface area contributed by atoms with Crippen LogP contribution in [0.3, 0.4) is 0 Å². The van der Waals surface area contributed by atoms with Gasteiger partial charge in [0, 0.05) is 12.5 Å². The molecule has 0 aliphatic heterocycles. The number of hydrogen-bond donors (Lipinski definition) is 5. The summed E-state index contributed by atoms with van der Waals surface area (Å²) in [6.07, 6.45) is -1.85. The monoisotopic (exact) mass is 412 g/mol. The van der Waals surface area contributed by atoms with E-state index in [0.29, 0.717) is 17.1 Å². The third-order valence-corrected chi connectivity index (χ3v) is 4.91. The van der Waals surface area contributed by atoms with Crippen LogP contribution in [0.4, 0.5) is 23.1 Å². The second kappa shape index (κ2) is 8.32. The van der Waals surface area contributed by atoms with E-state index in [9.17, 15) is 15.3 Å². The van der Waals surface area contributed by atoms with Crippen LogP contribution in [0, 0.1) is 5.92 Å². The van der Waals surface area contributed by atoms with Crippen molar-refractivity contribution in [1.82, 2.24) is 9.97 Å². The zero-order valence-electron chi connectivity index (χ0n) is 14.0. The molecule has 4 atom stereocenters. The Bertz CT molecular complexity index is 853. The van der Waals surface area contributed by atoms with Crippen molar-refractivity contribution in [2.45, 2.75) is 24.7 Å². The second-order valence-corrected chi connectivity index (χ2v) is 6.90. The van der Waals surface area contributed by atoms with Gasteiger partial charge in [-0.3, -0.25) is 0 Å². The van der Waals surface area contributed by atoms with Crippen molar-refractivity contribution in [3.05, 3.63) is 34.4 Å². The van der Waals surface area contributed by atoms with Crippen LogP contribution in [0.1, 0.15) is 6.42 Å². The predicted molar refractivity (Wildman–Crippen MR) is 102 cm³/mol. The van der Waals surface area contributed by atoms with E-state index in [0.717, 1.165) is 0 Å². The van der Waals surface area contributed by atoms with Crippen molar-refractivity contribution in [3.63, 3.8) is 0 Å². The molecule has 0 amide bonds. The number of benzene rings is 1. The Labute approximate surface area is 164 Å². The molecule has 1 aliphatic carbocycles. The first-order valence-corrected chi connectivity index (χ1v) is 8.89. The van der Waals surface area contributed by atoms with Gasteiger partial charge in [0.1, 0.15) is 11.8 Å². The first-order chi connectivity index (χ1) is 12.9. The maximum Gasteiger partial charge on any atom is 0.223 e. The largest absolute Gasteiger partial charge is 0.396 e. The Morgan fingerprint density at radius 3 is 2.56 bits per heavy atom. The Kier molecular flexibility index (Phi) is 6.08. The first kappa shape index (κ1) is 19.7. The molecular weight excluding hydrogens is 395 g/mol. The molecule has 1 aromatic carbocycles. The van der Waals surface area contributed by atoms with Crippen molar-refractivity contribution in [2.24, 2.45) is 16.1 Å². The number of nitrogens with one attached hydrogen (secondary N) is 1. The minimum atomic E-state index is -1.11. The third-order valence-electron chi connectivity index (χ3n) is 4.33. The van der Waals surface area contributed by atoms with E-state index >= 15 is 0 Å². The molecule has 0 radical (unpaired) electrons. The number of aliphatic hydroxyl groups is 3. The standard InChI is InChI=1S/C16H18Cl2N6O3/c17-8-3-1-2-4-9(8)23-24-11-14(18)21-16(19)22-15(11)20-10-5-7(6-25)12(26)13(10)27/h1-4,7,10,12-13,25-27H,5-6H2,(H3,19,20,21,22)/t7-,10-,12-,13+/m1/s1. The lowest BCUT2D eigenvalue weighted by molar-refractivity contribution is 0.00446. The van der Waals surface area contributed by atoms with Crippen molar-refractivity contribution in [3.8, 4) is 0 Å². The molecule has 6 N–H and O–H groups in total. The molecule has 0 bridgehead atoms. The molecule has 11 heteroatoms. The highest BCUT2D eigenvalue weighted by atomic mass is 35.5. The fourth-order valence-electron chi connectivity index (χ4n) is 2.89. The average molecular weight is 413 g/mol. The van der Waals surface area contributed by atoms with E-state index in [4.69, 9.17) is 28.9 Å². The van der Waals surface area contributed by atoms with Crippen molar-refractivity contribution < 1.29 is 15.3 Å². The normalized spacial score (nSPS) is 25.2. The number of aromatic nitrogens is 2. The molecule has 1 fully saturated rings. The van der Waals surface area contributed by atoms with Crippen LogP contribution in [0.25, 0.3) is 0 Å². The number of anilines is 2. The van der Waals surface area contributed by atoms with Crippen LogP contribution in [0.2, 0.25) is 10.2 Å². The molecule has 144 valence electrons. The summed E-state index contributed by atoms with van der Waals surface area (Å²) in [6.45, 7) is -0.248. The summed E-state index contributed by atoms with van der Waals surface area (Å²) < 4.78 is 0. The van der Waals surface area contributed by atoms with Gasteiger partial charge in [-0.1, -0.05) is 35.3 Å². The summed E-state index contributed by atoms with van der Waals surface area (Å²) in [7, 11) is 0. The Morgan fingerprint density at radius 2 is 1.89 bits per heavy atom. The zero-order chi connectivity index (χ0) is 19.6. The molecule has 0 saturated heterocycles. The van der Waals surface area contributed by atoms with Crippen LogP contribution < -0.4 is 11.1 Å². The summed E-state index contributed by atoms with van der Waals surface area (Å²) in [5.74, 6) is -0.399. The lowest BCUT2D eigenvalue weighted by atomic mass is 10.1. The van der Waals surface area contributed by atoms with Gasteiger partial charge in [0.25, 0.3) is 0 Å². The number of nitrogens with two attached hydrogens (primary N) is 1. The first-order valence-electron chi connectivity index (χ1n) is 8.13. The van der Waals surface area contributed by atoms with Crippen molar-refractivity contribution in [1.29, 1.82) is 0 Å². The lowest BCUT2D eigenvalue weighted by Gasteiger charge is -2.19. The highest BCUT2D eigenvalue weighted by molar-refractivity contribution is 6.33. The number of halogens is 2. The number of nitrogen functional groups attached to an aromatic ring is 1. The van der Waals surface area contributed by atoms with E-state index < -0.39 is 24.2 Å². The number of nitrogens with zero attached hydrogens (tertiary/aromatic N) is 4. The number of aliphatic hydroxyl groups excluding tert-OH is 3. The molecule has 3 rings (SSSR count). The molecule has 0 unspecified atom stereocenters. The molecule has 9 nitrogen and oxygen atoms in total. The summed E-state index contributed by atoms with van der Waals surface area (Å²) in [6, 6.07) is 6.27. The number of rotatable bonds is 5. The number of azo groups is 1. The lowest BCUT2D eigenvalue weighted by Crippen LogP contribution is -2.35. The summed E-state index contributed by atoms with van der Waals surface area (Å²) >= 11 is 12.2. The fraction of sp³-hybridized carbons (Fsp3) is 0.375. The molecule has 1 aromatic heterocycles. The van der Waals surface area contributed by atoms with E-state index in [1.807, 2.05) is 0 Å². The summed E-state index contributed by atoms with van der Waals surface area (Å²) in [5, 5.41) is 40.9. The van der Waals surface area contributed by atoms with Gasteiger partial charge in [-0.25, -0.2) is 0 Å². The second-order valence-electron chi connectivity index (χ2n) is 6.13. The molecule has 27 heavy (non-hydrogen) atoms. The molecular formula is C16H18Cl2N6O3. The van der Waals surface area contributed by atoms with Crippen LogP contribution in [0.15, 0.2) is 34.5 Å². The average Bonchev–Trinajstić information content (AvgIpc) is 2.90. The van der Waals surface area contributed by atoms with Crippen molar-refractivity contribution in [2.75, 3.05) is 17.7 Å². The summed E-state index contributed by atoms with van der Waals surface area (Å²) in [4.78, 5) is 7.93. The molecule has 0 spiro atoms. The van der Waals surface area contributed by atoms with Gasteiger partial charge in [-0.2, -0.15) is 9.97 Å². The topological polar surface area (TPSA) is 149 Å². The smallest absolute Gasteiger partial charge is 0.223 e. The number of hydrogen-bond acceptors (Lipinski definition) is 9. The minimum Gasteiger partial charge on any atom is -0.396 e. The van der Waals surface area contributed by atoms with Gasteiger partial charge in [-0.15, -0.1) is 10.2 Å². The minimum absolute atomic E-state index is 0.0347. The SMILES string of the molecule is Nc1nc(Cl)c(N=Nc2ccccc2Cl)c(N[C@@H]2C[C@H](CO)[C@@H](O)[C@H]2O)n1. The summed E-state index contributed by atoms with van der Waals surface area (Å²) in [5.41, 5.74) is 6.19. The zero-order valence-corrected chi connectivity index (χ0v) is 15.5. The molecule has 1 aliphatic rings.